The summed E-state index contributed by atoms with van der Waals surface area (Å²) in [5.74, 6) is 0.884. The predicted octanol–water partition coefficient (Wildman–Crippen LogP) is 2.21. The van der Waals surface area contributed by atoms with Crippen LogP contribution in [0.2, 0.25) is 0 Å². The maximum Gasteiger partial charge on any atom is 0.233 e. The minimum Gasteiger partial charge on any atom is -0.326 e. The molecule has 1 atom stereocenters. The average Bonchev–Trinajstić information content (AvgIpc) is 2.72. The molecule has 0 unspecified atom stereocenters. The number of carbonyl (C=O) groups is 1. The Morgan fingerprint density at radius 2 is 2.06 bits per heavy atom. The van der Waals surface area contributed by atoms with Gasteiger partial charge in [-0.05, 0) is 32.6 Å². The molecule has 0 N–H and O–H groups in total. The lowest BCUT2D eigenvalue weighted by atomic mass is 10.2. The molecular formula is C14H20N2OS. The monoisotopic (exact) mass is 264 g/mol. The molecule has 0 aromatic heterocycles. The molecule has 1 aromatic carbocycles. The summed E-state index contributed by atoms with van der Waals surface area (Å²) in [5, 5.41) is 0.209. The van der Waals surface area contributed by atoms with Crippen molar-refractivity contribution in [3.8, 4) is 0 Å². The molecule has 18 heavy (non-hydrogen) atoms. The summed E-state index contributed by atoms with van der Waals surface area (Å²) in [6.45, 7) is 1.87. The second-order valence-corrected chi connectivity index (χ2v) is 5.89. The van der Waals surface area contributed by atoms with Crippen LogP contribution >= 0.6 is 11.8 Å². The molecule has 1 aromatic rings. The second-order valence-electron chi connectivity index (χ2n) is 4.82. The van der Waals surface area contributed by atoms with Gasteiger partial charge in [-0.25, -0.2) is 0 Å². The lowest BCUT2D eigenvalue weighted by molar-refractivity contribution is -0.128. The summed E-state index contributed by atoms with van der Waals surface area (Å²) >= 11 is 1.73. The van der Waals surface area contributed by atoms with E-state index in [2.05, 4.69) is 31.1 Å². The first-order chi connectivity index (χ1) is 8.68. The van der Waals surface area contributed by atoms with Crippen LogP contribution in [0.25, 0.3) is 0 Å². The molecule has 3 nitrogen and oxygen atoms in total. The summed E-state index contributed by atoms with van der Waals surface area (Å²) < 4.78 is 0. The van der Waals surface area contributed by atoms with Crippen molar-refractivity contribution in [2.24, 2.45) is 0 Å². The first-order valence-electron chi connectivity index (χ1n) is 6.29. The Kier molecular flexibility index (Phi) is 4.66. The zero-order chi connectivity index (χ0) is 13.0. The molecular weight excluding hydrogens is 244 g/mol. The van der Waals surface area contributed by atoms with E-state index in [0.717, 1.165) is 19.5 Å². The van der Waals surface area contributed by atoms with E-state index in [0.29, 0.717) is 5.75 Å². The predicted molar refractivity (Wildman–Crippen MR) is 76.5 cm³/mol. The third-order valence-corrected chi connectivity index (χ3v) is 4.31. The van der Waals surface area contributed by atoms with Gasteiger partial charge in [-0.15, -0.1) is 11.8 Å². The fraction of sp³-hybridized carbons (Fsp3) is 0.500. The van der Waals surface area contributed by atoms with Gasteiger partial charge in [0.15, 0.2) is 0 Å². The van der Waals surface area contributed by atoms with Gasteiger partial charge in [0.05, 0.1) is 5.75 Å². The van der Waals surface area contributed by atoms with Crippen molar-refractivity contribution in [2.75, 3.05) is 32.9 Å². The van der Waals surface area contributed by atoms with Crippen molar-refractivity contribution in [1.29, 1.82) is 0 Å². The molecule has 2 rings (SSSR count). The van der Waals surface area contributed by atoms with Gasteiger partial charge in [-0.1, -0.05) is 30.3 Å². The van der Waals surface area contributed by atoms with Crippen LogP contribution in [0.4, 0.5) is 0 Å². The Bertz CT molecular complexity index is 394. The first kappa shape index (κ1) is 13.4. The average molecular weight is 264 g/mol. The van der Waals surface area contributed by atoms with E-state index in [9.17, 15) is 4.79 Å². The molecule has 0 bridgehead atoms. The van der Waals surface area contributed by atoms with Gasteiger partial charge in [-0.3, -0.25) is 4.79 Å². The van der Waals surface area contributed by atoms with E-state index in [-0.39, 0.29) is 11.3 Å². The standard InChI is InChI=1S/C14H20N2OS/c1-15(2)9-6-10-16-13(17)11-18-14(16)12-7-4-3-5-8-12/h3-5,7-8,14H,6,9-11H2,1-2H3/t14-/m0/s1. The highest BCUT2D eigenvalue weighted by Gasteiger charge is 2.31. The third kappa shape index (κ3) is 3.27. The Labute approximate surface area is 113 Å². The number of nitrogens with zero attached hydrogens (tertiary/aromatic N) is 2. The van der Waals surface area contributed by atoms with Crippen LogP contribution in [0.15, 0.2) is 30.3 Å². The molecule has 1 heterocycles. The SMILES string of the molecule is CN(C)CCCN1C(=O)CS[C@H]1c1ccccc1. The van der Waals surface area contributed by atoms with Crippen molar-refractivity contribution in [1.82, 2.24) is 9.80 Å². The molecule has 1 saturated heterocycles. The summed E-state index contributed by atoms with van der Waals surface area (Å²) in [5.41, 5.74) is 1.23. The van der Waals surface area contributed by atoms with Crippen molar-refractivity contribution in [3.63, 3.8) is 0 Å². The van der Waals surface area contributed by atoms with Crippen LogP contribution in [-0.2, 0) is 4.79 Å². The van der Waals surface area contributed by atoms with Gasteiger partial charge in [0.2, 0.25) is 5.91 Å². The Hall–Kier alpha value is -1.00. The quantitative estimate of drug-likeness (QED) is 0.814. The third-order valence-electron chi connectivity index (χ3n) is 3.06. The number of carbonyl (C=O) groups excluding carboxylic acids is 1. The van der Waals surface area contributed by atoms with E-state index in [1.165, 1.54) is 5.56 Å². The minimum atomic E-state index is 0.209. The lowest BCUT2D eigenvalue weighted by Crippen LogP contribution is -2.31. The van der Waals surface area contributed by atoms with Crippen molar-refractivity contribution in [3.05, 3.63) is 35.9 Å². The highest BCUT2D eigenvalue weighted by molar-refractivity contribution is 8.00. The molecule has 98 valence electrons. The molecule has 0 saturated carbocycles. The van der Waals surface area contributed by atoms with Gasteiger partial charge in [0, 0.05) is 6.54 Å². The topological polar surface area (TPSA) is 23.6 Å². The summed E-state index contributed by atoms with van der Waals surface area (Å²) in [4.78, 5) is 16.1. The maximum absolute atomic E-state index is 11.9. The molecule has 0 radical (unpaired) electrons. The van der Waals surface area contributed by atoms with E-state index >= 15 is 0 Å². The van der Waals surface area contributed by atoms with Gasteiger partial charge in [-0.2, -0.15) is 0 Å². The number of rotatable bonds is 5. The molecule has 0 spiro atoms. The molecule has 1 aliphatic rings. The highest BCUT2D eigenvalue weighted by atomic mass is 32.2. The number of benzene rings is 1. The zero-order valence-electron chi connectivity index (χ0n) is 11.0. The van der Waals surface area contributed by atoms with E-state index < -0.39 is 0 Å². The smallest absolute Gasteiger partial charge is 0.233 e. The maximum atomic E-state index is 11.9. The number of hydrogen-bond donors (Lipinski definition) is 0. The number of thioether (sulfide) groups is 1. The van der Waals surface area contributed by atoms with Crippen molar-refractivity contribution in [2.45, 2.75) is 11.8 Å². The van der Waals surface area contributed by atoms with Gasteiger partial charge >= 0.3 is 0 Å². The first-order valence-corrected chi connectivity index (χ1v) is 7.34. The molecule has 0 aliphatic carbocycles. The summed E-state index contributed by atoms with van der Waals surface area (Å²) in [6, 6.07) is 10.3. The summed E-state index contributed by atoms with van der Waals surface area (Å²) in [7, 11) is 4.13. The number of amides is 1. The Morgan fingerprint density at radius 1 is 1.33 bits per heavy atom. The van der Waals surface area contributed by atoms with Crippen LogP contribution in [-0.4, -0.2) is 48.6 Å². The van der Waals surface area contributed by atoms with Crippen LogP contribution < -0.4 is 0 Å². The highest BCUT2D eigenvalue weighted by Crippen LogP contribution is 2.38. The fourth-order valence-corrected chi connectivity index (χ4v) is 3.37. The van der Waals surface area contributed by atoms with Crippen LogP contribution in [0.3, 0.4) is 0 Å². The van der Waals surface area contributed by atoms with Crippen molar-refractivity contribution < 1.29 is 4.79 Å². The van der Waals surface area contributed by atoms with Gasteiger partial charge < -0.3 is 9.80 Å². The lowest BCUT2D eigenvalue weighted by Gasteiger charge is -2.24. The van der Waals surface area contributed by atoms with Gasteiger partial charge in [0.1, 0.15) is 5.37 Å². The van der Waals surface area contributed by atoms with E-state index in [1.807, 2.05) is 23.1 Å². The largest absolute Gasteiger partial charge is 0.326 e. The van der Waals surface area contributed by atoms with E-state index in [4.69, 9.17) is 0 Å². The Morgan fingerprint density at radius 3 is 2.72 bits per heavy atom. The van der Waals surface area contributed by atoms with Crippen molar-refractivity contribution >= 4 is 17.7 Å². The molecule has 4 heteroatoms. The number of hydrogen-bond acceptors (Lipinski definition) is 3. The van der Waals surface area contributed by atoms with Gasteiger partial charge in [0.25, 0.3) is 0 Å². The van der Waals surface area contributed by atoms with Crippen LogP contribution in [0.1, 0.15) is 17.4 Å². The minimum absolute atomic E-state index is 0.209. The molecule has 1 aliphatic heterocycles. The second kappa shape index (κ2) is 6.25. The Balaban J connectivity index is 1.99. The zero-order valence-corrected chi connectivity index (χ0v) is 11.8. The normalized spacial score (nSPS) is 19.8. The van der Waals surface area contributed by atoms with E-state index in [1.54, 1.807) is 11.8 Å². The van der Waals surface area contributed by atoms with Crippen LogP contribution in [0, 0.1) is 0 Å². The molecule has 1 amide bonds. The fourth-order valence-electron chi connectivity index (χ4n) is 2.15. The van der Waals surface area contributed by atoms with Crippen LogP contribution in [0.5, 0.6) is 0 Å². The molecule has 1 fully saturated rings. The summed E-state index contributed by atoms with van der Waals surface area (Å²) in [6.07, 6.45) is 1.03.